The van der Waals surface area contributed by atoms with Gasteiger partial charge in [-0.25, -0.2) is 4.98 Å². The number of carbonyl (C=O) groups excluding carboxylic acids is 1. The zero-order valence-corrected chi connectivity index (χ0v) is 11.4. The van der Waals surface area contributed by atoms with Crippen molar-refractivity contribution in [1.82, 2.24) is 15.3 Å². The molecule has 5 nitrogen and oxygen atoms in total. The summed E-state index contributed by atoms with van der Waals surface area (Å²) in [6.45, 7) is 0.760. The summed E-state index contributed by atoms with van der Waals surface area (Å²) in [5.41, 5.74) is 0.226. The van der Waals surface area contributed by atoms with Crippen LogP contribution in [0, 0.1) is 11.8 Å². The van der Waals surface area contributed by atoms with Crippen molar-refractivity contribution in [3.8, 4) is 0 Å². The van der Waals surface area contributed by atoms with Crippen molar-refractivity contribution >= 4 is 17.5 Å². The van der Waals surface area contributed by atoms with Crippen LogP contribution in [-0.4, -0.2) is 34.1 Å². The Labute approximate surface area is 117 Å². The van der Waals surface area contributed by atoms with Crippen molar-refractivity contribution in [2.45, 2.75) is 25.7 Å². The van der Waals surface area contributed by atoms with Gasteiger partial charge >= 0.3 is 0 Å². The molecule has 1 heterocycles. The van der Waals surface area contributed by atoms with Crippen LogP contribution < -0.4 is 5.32 Å². The summed E-state index contributed by atoms with van der Waals surface area (Å²) < 4.78 is 0. The number of hydrogen-bond donors (Lipinski definition) is 2. The molecule has 0 aromatic carbocycles. The van der Waals surface area contributed by atoms with Crippen LogP contribution in [0.15, 0.2) is 12.4 Å². The Hall–Kier alpha value is -1.20. The molecule has 2 N–H and O–H groups in total. The summed E-state index contributed by atoms with van der Waals surface area (Å²) in [6, 6.07) is 0. The maximum Gasteiger partial charge on any atom is 0.271 e. The Bertz CT molecular complexity index is 442. The van der Waals surface area contributed by atoms with Gasteiger partial charge in [-0.1, -0.05) is 24.4 Å². The Morgan fingerprint density at radius 2 is 2.11 bits per heavy atom. The molecule has 104 valence electrons. The third-order valence-electron chi connectivity index (χ3n) is 3.66. The minimum atomic E-state index is -0.266. The van der Waals surface area contributed by atoms with E-state index < -0.39 is 0 Å². The summed E-state index contributed by atoms with van der Waals surface area (Å²) in [7, 11) is 0. The molecule has 0 aliphatic heterocycles. The molecule has 19 heavy (non-hydrogen) atoms. The van der Waals surface area contributed by atoms with Gasteiger partial charge in [0, 0.05) is 13.2 Å². The highest BCUT2D eigenvalue weighted by molar-refractivity contribution is 6.29. The minimum Gasteiger partial charge on any atom is -0.396 e. The molecule has 1 fully saturated rings. The summed E-state index contributed by atoms with van der Waals surface area (Å²) in [5, 5.41) is 12.4. The first-order valence-electron chi connectivity index (χ1n) is 6.57. The molecule has 1 saturated carbocycles. The summed E-state index contributed by atoms with van der Waals surface area (Å²) in [6.07, 6.45) is 7.19. The normalized spacial score (nSPS) is 23.1. The second kappa shape index (κ2) is 6.82. The number of nitrogens with zero attached hydrogens (tertiary/aromatic N) is 2. The van der Waals surface area contributed by atoms with Crippen LogP contribution in [0.2, 0.25) is 5.15 Å². The van der Waals surface area contributed by atoms with Crippen molar-refractivity contribution < 1.29 is 9.90 Å². The lowest BCUT2D eigenvalue weighted by Gasteiger charge is -2.30. The number of nitrogens with one attached hydrogen (secondary N) is 1. The molecule has 2 atom stereocenters. The lowest BCUT2D eigenvalue weighted by molar-refractivity contribution is 0.0904. The van der Waals surface area contributed by atoms with Gasteiger partial charge in [0.15, 0.2) is 0 Å². The largest absolute Gasteiger partial charge is 0.396 e. The predicted octanol–water partition coefficient (Wildman–Crippen LogP) is 1.66. The molecule has 0 saturated heterocycles. The van der Waals surface area contributed by atoms with Gasteiger partial charge in [0.05, 0.1) is 12.4 Å². The maximum absolute atomic E-state index is 11.9. The number of carbonyl (C=O) groups is 1. The predicted molar refractivity (Wildman–Crippen MR) is 71.9 cm³/mol. The van der Waals surface area contributed by atoms with Crippen LogP contribution in [0.4, 0.5) is 0 Å². The van der Waals surface area contributed by atoms with E-state index in [0.717, 1.165) is 25.7 Å². The maximum atomic E-state index is 11.9. The average Bonchev–Trinajstić information content (AvgIpc) is 2.45. The highest BCUT2D eigenvalue weighted by atomic mass is 35.5. The quantitative estimate of drug-likeness (QED) is 0.881. The second-order valence-electron chi connectivity index (χ2n) is 4.92. The standard InChI is InChI=1S/C13H18ClN3O2/c14-12-7-15-6-11(17-12)13(19)16-5-9-3-1-2-4-10(9)8-18/h6-7,9-10,18H,1-5,8H2,(H,16,19). The van der Waals surface area contributed by atoms with Crippen molar-refractivity contribution in [2.75, 3.05) is 13.2 Å². The number of rotatable bonds is 4. The zero-order valence-electron chi connectivity index (χ0n) is 10.7. The van der Waals surface area contributed by atoms with E-state index in [1.54, 1.807) is 0 Å². The molecule has 1 aromatic heterocycles. The number of aliphatic hydroxyl groups excluding tert-OH is 1. The first kappa shape index (κ1) is 14.2. The summed E-state index contributed by atoms with van der Waals surface area (Å²) in [4.78, 5) is 19.7. The van der Waals surface area contributed by atoms with Gasteiger partial charge in [0.2, 0.25) is 0 Å². The van der Waals surface area contributed by atoms with Crippen LogP contribution in [-0.2, 0) is 0 Å². The van der Waals surface area contributed by atoms with E-state index in [9.17, 15) is 9.90 Å². The molecule has 1 aromatic rings. The monoisotopic (exact) mass is 283 g/mol. The van der Waals surface area contributed by atoms with E-state index in [1.807, 2.05) is 0 Å². The highest BCUT2D eigenvalue weighted by Gasteiger charge is 2.25. The first-order chi connectivity index (χ1) is 9.20. The summed E-state index contributed by atoms with van der Waals surface area (Å²) in [5.74, 6) is 0.367. The molecule has 2 rings (SSSR count). The molecular weight excluding hydrogens is 266 g/mol. The van der Waals surface area contributed by atoms with Gasteiger partial charge in [-0.05, 0) is 24.7 Å². The van der Waals surface area contributed by atoms with Crippen LogP contribution in [0.3, 0.4) is 0 Å². The molecule has 6 heteroatoms. The van der Waals surface area contributed by atoms with E-state index in [4.69, 9.17) is 11.6 Å². The molecule has 1 amide bonds. The molecule has 1 aliphatic carbocycles. The Balaban J connectivity index is 1.89. The molecule has 0 radical (unpaired) electrons. The number of aromatic nitrogens is 2. The fourth-order valence-corrected chi connectivity index (χ4v) is 2.71. The van der Waals surface area contributed by atoms with E-state index in [0.29, 0.717) is 18.4 Å². The van der Waals surface area contributed by atoms with Gasteiger partial charge in [-0.2, -0.15) is 0 Å². The fourth-order valence-electron chi connectivity index (χ4n) is 2.56. The molecule has 1 aliphatic rings. The topological polar surface area (TPSA) is 75.1 Å². The van der Waals surface area contributed by atoms with Crippen molar-refractivity contribution in [3.63, 3.8) is 0 Å². The van der Waals surface area contributed by atoms with Gasteiger partial charge in [0.1, 0.15) is 10.8 Å². The fraction of sp³-hybridized carbons (Fsp3) is 0.615. The molecule has 0 bridgehead atoms. The second-order valence-corrected chi connectivity index (χ2v) is 5.31. The van der Waals surface area contributed by atoms with E-state index in [2.05, 4.69) is 15.3 Å². The van der Waals surface area contributed by atoms with E-state index in [-0.39, 0.29) is 23.4 Å². The number of aliphatic hydroxyl groups is 1. The van der Waals surface area contributed by atoms with Crippen LogP contribution in [0.5, 0.6) is 0 Å². The lowest BCUT2D eigenvalue weighted by atomic mass is 9.79. The molecule has 0 spiro atoms. The number of halogens is 1. The number of hydrogen-bond acceptors (Lipinski definition) is 4. The third kappa shape index (κ3) is 3.88. The van der Waals surface area contributed by atoms with Crippen LogP contribution >= 0.6 is 11.6 Å². The van der Waals surface area contributed by atoms with E-state index in [1.165, 1.54) is 12.4 Å². The summed E-state index contributed by atoms with van der Waals surface area (Å²) >= 11 is 5.70. The zero-order chi connectivity index (χ0) is 13.7. The van der Waals surface area contributed by atoms with Gasteiger partial charge < -0.3 is 10.4 Å². The minimum absolute atomic E-state index is 0.192. The van der Waals surface area contributed by atoms with Gasteiger partial charge in [0.25, 0.3) is 5.91 Å². The smallest absolute Gasteiger partial charge is 0.271 e. The third-order valence-corrected chi connectivity index (χ3v) is 3.85. The molecular formula is C13H18ClN3O2. The van der Waals surface area contributed by atoms with E-state index >= 15 is 0 Å². The Kier molecular flexibility index (Phi) is 5.10. The Morgan fingerprint density at radius 3 is 2.79 bits per heavy atom. The van der Waals surface area contributed by atoms with Crippen LogP contribution in [0.1, 0.15) is 36.2 Å². The average molecular weight is 284 g/mol. The van der Waals surface area contributed by atoms with Crippen LogP contribution in [0.25, 0.3) is 0 Å². The van der Waals surface area contributed by atoms with Gasteiger partial charge in [-0.15, -0.1) is 0 Å². The lowest BCUT2D eigenvalue weighted by Crippen LogP contribution is -2.35. The van der Waals surface area contributed by atoms with Gasteiger partial charge in [-0.3, -0.25) is 9.78 Å². The molecule has 2 unspecified atom stereocenters. The Morgan fingerprint density at radius 1 is 1.37 bits per heavy atom. The van der Waals surface area contributed by atoms with Crippen molar-refractivity contribution in [2.24, 2.45) is 11.8 Å². The SMILES string of the molecule is O=C(NCC1CCCCC1CO)c1cncc(Cl)n1. The first-order valence-corrected chi connectivity index (χ1v) is 6.95. The van der Waals surface area contributed by atoms with Crippen molar-refractivity contribution in [1.29, 1.82) is 0 Å². The highest BCUT2D eigenvalue weighted by Crippen LogP contribution is 2.29. The van der Waals surface area contributed by atoms with Crippen molar-refractivity contribution in [3.05, 3.63) is 23.2 Å². The number of amides is 1.